The van der Waals surface area contributed by atoms with Crippen LogP contribution < -0.4 is 16.8 Å². The van der Waals surface area contributed by atoms with Gasteiger partial charge in [-0.1, -0.05) is 35.3 Å². The predicted octanol–water partition coefficient (Wildman–Crippen LogP) is 7.03. The maximum atomic E-state index is 12.3. The molecule has 4 heterocycles. The van der Waals surface area contributed by atoms with E-state index in [1.807, 2.05) is 61.7 Å². The van der Waals surface area contributed by atoms with E-state index in [9.17, 15) is 4.79 Å². The number of nitrogens with one attached hydrogen (secondary N) is 1. The minimum absolute atomic E-state index is 0. The first-order valence-corrected chi connectivity index (χ1v) is 15.7. The van der Waals surface area contributed by atoms with Crippen molar-refractivity contribution < 1.29 is 9.53 Å². The standard InChI is InChI=1S/C18H25ClN4O2.C13H17ClN4.2ClH/c1-18(2,3)25-17(24)22-9-5-6-12(10-22)11-23-15-13(19)7-4-8-14(15)21-16(23)20;14-10-4-1-5-11-12(10)18(13(15)17-11)8-9-3-2-6-16-7-9;;/h4,7-8,12H,5-6,9-11H2,1-3H3,(H2,20,21);1,4-5,9,16H,2-3,6-8H2,(H2,15,17);2*1H. The van der Waals surface area contributed by atoms with Crippen molar-refractivity contribution in [1.82, 2.24) is 29.3 Å². The van der Waals surface area contributed by atoms with E-state index in [0.717, 1.165) is 66.1 Å². The van der Waals surface area contributed by atoms with Crippen LogP contribution in [0.1, 0.15) is 46.5 Å². The van der Waals surface area contributed by atoms with Gasteiger partial charge < -0.3 is 35.6 Å². The van der Waals surface area contributed by atoms with E-state index < -0.39 is 5.60 Å². The van der Waals surface area contributed by atoms with Crippen LogP contribution in [-0.2, 0) is 17.8 Å². The van der Waals surface area contributed by atoms with Crippen LogP contribution in [0, 0.1) is 11.8 Å². The smallest absolute Gasteiger partial charge is 0.410 e. The highest BCUT2D eigenvalue weighted by molar-refractivity contribution is 6.35. The van der Waals surface area contributed by atoms with Gasteiger partial charge in [-0.25, -0.2) is 14.8 Å². The summed E-state index contributed by atoms with van der Waals surface area (Å²) in [5.41, 5.74) is 15.1. The first-order chi connectivity index (χ1) is 20.5. The average Bonchev–Trinajstić information content (AvgIpc) is 3.45. The lowest BCUT2D eigenvalue weighted by molar-refractivity contribution is 0.0158. The number of nitrogens with zero attached hydrogens (tertiary/aromatic N) is 5. The summed E-state index contributed by atoms with van der Waals surface area (Å²) in [5.74, 6) is 1.91. The molecule has 2 aromatic carbocycles. The molecule has 4 aromatic rings. The highest BCUT2D eigenvalue weighted by atomic mass is 35.5. The van der Waals surface area contributed by atoms with Crippen LogP contribution in [0.25, 0.3) is 22.1 Å². The minimum atomic E-state index is -0.484. The van der Waals surface area contributed by atoms with Crippen molar-refractivity contribution in [2.45, 2.75) is 65.1 Å². The van der Waals surface area contributed by atoms with Crippen molar-refractivity contribution in [1.29, 1.82) is 0 Å². The number of amides is 1. The Morgan fingerprint density at radius 2 is 1.44 bits per heavy atom. The van der Waals surface area contributed by atoms with Gasteiger partial charge in [-0.2, -0.15) is 0 Å². The van der Waals surface area contributed by atoms with Gasteiger partial charge >= 0.3 is 6.09 Å². The fourth-order valence-electron chi connectivity index (χ4n) is 5.99. The number of ether oxygens (including phenoxy) is 1. The lowest BCUT2D eigenvalue weighted by atomic mass is 9.98. The van der Waals surface area contributed by atoms with Crippen molar-refractivity contribution in [3.8, 4) is 0 Å². The van der Waals surface area contributed by atoms with Gasteiger partial charge in [-0.05, 0) is 95.6 Å². The van der Waals surface area contributed by atoms with Crippen LogP contribution in [0.3, 0.4) is 0 Å². The lowest BCUT2D eigenvalue weighted by Crippen LogP contribution is -2.43. The molecule has 2 aliphatic rings. The second-order valence-electron chi connectivity index (χ2n) is 12.5. The molecular formula is C31H44Cl4N8O2. The van der Waals surface area contributed by atoms with Gasteiger partial charge in [0.1, 0.15) is 5.60 Å². The molecule has 0 aliphatic carbocycles. The molecule has 0 radical (unpaired) electrons. The number of carbonyl (C=O) groups excluding carboxylic acids is 1. The molecule has 6 rings (SSSR count). The van der Waals surface area contributed by atoms with E-state index in [2.05, 4.69) is 19.9 Å². The molecule has 0 saturated carbocycles. The monoisotopic (exact) mass is 700 g/mol. The number of nitrogen functional groups attached to an aromatic ring is 2. The maximum Gasteiger partial charge on any atom is 0.410 e. The summed E-state index contributed by atoms with van der Waals surface area (Å²) in [6.07, 6.45) is 4.19. The zero-order valence-corrected chi connectivity index (χ0v) is 29.1. The number of anilines is 2. The molecule has 5 N–H and O–H groups in total. The molecule has 248 valence electrons. The van der Waals surface area contributed by atoms with Gasteiger partial charge in [0.25, 0.3) is 0 Å². The molecule has 2 aliphatic heterocycles. The van der Waals surface area contributed by atoms with Crippen LogP contribution in [0.4, 0.5) is 16.7 Å². The molecule has 0 bridgehead atoms. The number of fused-ring (bicyclic) bond motifs is 2. The minimum Gasteiger partial charge on any atom is -0.444 e. The van der Waals surface area contributed by atoms with Crippen LogP contribution in [0.15, 0.2) is 36.4 Å². The summed E-state index contributed by atoms with van der Waals surface area (Å²) >= 11 is 12.6. The van der Waals surface area contributed by atoms with Gasteiger partial charge in [-0.3, -0.25) is 0 Å². The third-order valence-corrected chi connectivity index (χ3v) is 8.56. The number of benzene rings is 2. The fraction of sp³-hybridized carbons (Fsp3) is 0.516. The quantitative estimate of drug-likeness (QED) is 0.208. The lowest BCUT2D eigenvalue weighted by Gasteiger charge is -2.34. The van der Waals surface area contributed by atoms with Crippen molar-refractivity contribution in [3.63, 3.8) is 0 Å². The Labute approximate surface area is 287 Å². The maximum absolute atomic E-state index is 12.3. The molecule has 45 heavy (non-hydrogen) atoms. The second-order valence-corrected chi connectivity index (χ2v) is 13.3. The zero-order valence-electron chi connectivity index (χ0n) is 26.0. The Kier molecular flexibility index (Phi) is 12.9. The van der Waals surface area contributed by atoms with Crippen molar-refractivity contribution >= 4 is 88.1 Å². The van der Waals surface area contributed by atoms with Crippen LogP contribution in [-0.4, -0.2) is 61.9 Å². The van der Waals surface area contributed by atoms with Crippen LogP contribution in [0.5, 0.6) is 0 Å². The van der Waals surface area contributed by atoms with Gasteiger partial charge in [0, 0.05) is 26.2 Å². The summed E-state index contributed by atoms with van der Waals surface area (Å²) < 4.78 is 9.51. The van der Waals surface area contributed by atoms with E-state index in [-0.39, 0.29) is 36.8 Å². The second kappa shape index (κ2) is 15.8. The summed E-state index contributed by atoms with van der Waals surface area (Å²) in [4.78, 5) is 22.9. The molecule has 10 nitrogen and oxygen atoms in total. The third kappa shape index (κ3) is 9.01. The number of hydrogen-bond donors (Lipinski definition) is 3. The zero-order chi connectivity index (χ0) is 30.7. The predicted molar refractivity (Wildman–Crippen MR) is 189 cm³/mol. The number of carbonyl (C=O) groups is 1. The van der Waals surface area contributed by atoms with E-state index in [1.165, 1.54) is 12.8 Å². The number of nitrogens with two attached hydrogens (primary N) is 2. The third-order valence-electron chi connectivity index (χ3n) is 7.95. The summed E-state index contributed by atoms with van der Waals surface area (Å²) in [6.45, 7) is 10.8. The summed E-state index contributed by atoms with van der Waals surface area (Å²) in [5, 5.41) is 4.78. The Bertz CT molecular complexity index is 1580. The molecule has 2 fully saturated rings. The number of para-hydroxylation sites is 2. The number of imidazole rings is 2. The fourth-order valence-corrected chi connectivity index (χ4v) is 6.53. The molecule has 0 spiro atoms. The molecule has 2 atom stereocenters. The van der Waals surface area contributed by atoms with Gasteiger partial charge in [0.05, 0.1) is 32.1 Å². The Balaban J connectivity index is 0.000000246. The number of rotatable bonds is 4. The largest absolute Gasteiger partial charge is 0.444 e. The molecule has 2 aromatic heterocycles. The normalized spacial score (nSPS) is 18.5. The van der Waals surface area contributed by atoms with Gasteiger partial charge in [0.2, 0.25) is 11.9 Å². The van der Waals surface area contributed by atoms with E-state index >= 15 is 0 Å². The molecule has 2 saturated heterocycles. The SMILES string of the molecule is CC(C)(C)OC(=O)N1CCCC(Cn2c(N)nc3cccc(Cl)c32)C1.Cl.Cl.Nc1nc2cccc(Cl)c2n1CC1CCCNC1. The number of halogens is 4. The number of likely N-dealkylation sites (tertiary alicyclic amines) is 1. The van der Waals surface area contributed by atoms with Gasteiger partial charge in [0.15, 0.2) is 0 Å². The number of aromatic nitrogens is 4. The van der Waals surface area contributed by atoms with Gasteiger partial charge in [-0.15, -0.1) is 24.8 Å². The first-order valence-electron chi connectivity index (χ1n) is 15.0. The summed E-state index contributed by atoms with van der Waals surface area (Å²) in [6, 6.07) is 11.4. The van der Waals surface area contributed by atoms with Crippen molar-refractivity contribution in [3.05, 3.63) is 46.4 Å². The topological polar surface area (TPSA) is 129 Å². The molecule has 1 amide bonds. The average molecular weight is 703 g/mol. The highest BCUT2D eigenvalue weighted by Crippen LogP contribution is 2.30. The molecule has 2 unspecified atom stereocenters. The number of hydrogen-bond acceptors (Lipinski definition) is 7. The molecular weight excluding hydrogens is 658 g/mol. The summed E-state index contributed by atoms with van der Waals surface area (Å²) in [7, 11) is 0. The number of piperidine rings is 2. The Morgan fingerprint density at radius 1 is 0.911 bits per heavy atom. The first kappa shape index (κ1) is 36.8. The van der Waals surface area contributed by atoms with Crippen LogP contribution in [0.2, 0.25) is 10.0 Å². The highest BCUT2D eigenvalue weighted by Gasteiger charge is 2.28. The Hall–Kier alpha value is -2.63. The van der Waals surface area contributed by atoms with E-state index in [4.69, 9.17) is 39.4 Å². The Morgan fingerprint density at radius 3 is 1.96 bits per heavy atom. The van der Waals surface area contributed by atoms with E-state index in [0.29, 0.717) is 35.9 Å². The molecule has 14 heteroatoms. The van der Waals surface area contributed by atoms with Crippen molar-refractivity contribution in [2.24, 2.45) is 11.8 Å². The van der Waals surface area contributed by atoms with E-state index in [1.54, 1.807) is 4.90 Å². The van der Waals surface area contributed by atoms with Crippen molar-refractivity contribution in [2.75, 3.05) is 37.6 Å². The van der Waals surface area contributed by atoms with Crippen LogP contribution >= 0.6 is 48.0 Å².